The first-order valence-corrected chi connectivity index (χ1v) is 11.9. The third-order valence-corrected chi connectivity index (χ3v) is 6.69. The Hall–Kier alpha value is -2.53. The maximum absolute atomic E-state index is 12.8. The molecule has 154 valence electrons. The number of nitrogens with one attached hydrogen (secondary N) is 1. The fourth-order valence-corrected chi connectivity index (χ4v) is 4.62. The van der Waals surface area contributed by atoms with E-state index in [1.54, 1.807) is 36.5 Å². The van der Waals surface area contributed by atoms with Gasteiger partial charge >= 0.3 is 0 Å². The minimum atomic E-state index is -3.78. The van der Waals surface area contributed by atoms with E-state index in [0.29, 0.717) is 29.7 Å². The van der Waals surface area contributed by atoms with E-state index in [1.807, 2.05) is 6.92 Å². The molecule has 3 N–H and O–H groups in total. The van der Waals surface area contributed by atoms with E-state index >= 15 is 0 Å². The molecule has 0 spiro atoms. The van der Waals surface area contributed by atoms with Crippen LogP contribution < -0.4 is 14.6 Å². The lowest BCUT2D eigenvalue weighted by Gasteiger charge is -2.12. The first kappa shape index (κ1) is 21.2. The number of nitrogens with zero attached hydrogens (tertiary/aromatic N) is 1. The molecule has 0 bridgehead atoms. The molecule has 0 saturated carbocycles. The fourth-order valence-electron chi connectivity index (χ4n) is 2.88. The van der Waals surface area contributed by atoms with Gasteiger partial charge in [0, 0.05) is 18.1 Å². The molecule has 3 aromatic rings. The zero-order chi connectivity index (χ0) is 21.1. The van der Waals surface area contributed by atoms with E-state index in [4.69, 9.17) is 9.88 Å². The predicted molar refractivity (Wildman–Crippen MR) is 110 cm³/mol. The van der Waals surface area contributed by atoms with Crippen LogP contribution in [0, 0.1) is 0 Å². The van der Waals surface area contributed by atoms with Crippen LogP contribution in [0.1, 0.15) is 12.5 Å². The maximum atomic E-state index is 12.8. The highest BCUT2D eigenvalue weighted by Crippen LogP contribution is 2.29. The molecule has 0 atom stereocenters. The van der Waals surface area contributed by atoms with Gasteiger partial charge in [-0.1, -0.05) is 12.1 Å². The van der Waals surface area contributed by atoms with Gasteiger partial charge in [0.2, 0.25) is 20.0 Å². The average Bonchev–Trinajstić information content (AvgIpc) is 2.68. The van der Waals surface area contributed by atoms with E-state index in [2.05, 4.69) is 9.71 Å². The van der Waals surface area contributed by atoms with Gasteiger partial charge < -0.3 is 4.74 Å². The SMILES string of the molecule is CCOc1ccc(S(=O)(=O)NCCc2ccc(S(N)(=O)=O)cc2)c2cccnc12. The molecule has 0 radical (unpaired) electrons. The van der Waals surface area contributed by atoms with Crippen LogP contribution in [0.15, 0.2) is 64.5 Å². The molecular weight excluding hydrogens is 414 g/mol. The molecule has 10 heteroatoms. The van der Waals surface area contributed by atoms with Gasteiger partial charge in [0.1, 0.15) is 11.3 Å². The molecule has 0 amide bonds. The van der Waals surface area contributed by atoms with Crippen molar-refractivity contribution in [2.45, 2.75) is 23.1 Å². The molecule has 29 heavy (non-hydrogen) atoms. The Labute approximate surface area is 169 Å². The monoisotopic (exact) mass is 435 g/mol. The van der Waals surface area contributed by atoms with Crippen molar-refractivity contribution in [1.29, 1.82) is 0 Å². The highest BCUT2D eigenvalue weighted by Gasteiger charge is 2.19. The second-order valence-electron chi connectivity index (χ2n) is 6.23. The Kier molecular flexibility index (Phi) is 6.18. The molecule has 0 fully saturated rings. The molecule has 0 saturated heterocycles. The lowest BCUT2D eigenvalue weighted by Crippen LogP contribution is -2.26. The van der Waals surface area contributed by atoms with Crippen molar-refractivity contribution in [2.24, 2.45) is 5.14 Å². The summed E-state index contributed by atoms with van der Waals surface area (Å²) in [5.41, 5.74) is 1.26. The first-order chi connectivity index (χ1) is 13.7. The summed E-state index contributed by atoms with van der Waals surface area (Å²) in [6, 6.07) is 12.4. The zero-order valence-electron chi connectivity index (χ0n) is 15.7. The van der Waals surface area contributed by atoms with E-state index in [0.717, 1.165) is 5.56 Å². The van der Waals surface area contributed by atoms with Crippen molar-refractivity contribution in [1.82, 2.24) is 9.71 Å². The Morgan fingerprint density at radius 2 is 1.76 bits per heavy atom. The second kappa shape index (κ2) is 8.46. The Balaban J connectivity index is 1.77. The van der Waals surface area contributed by atoms with Crippen molar-refractivity contribution in [3.8, 4) is 5.75 Å². The highest BCUT2D eigenvalue weighted by molar-refractivity contribution is 7.89. The number of sulfonamides is 2. The minimum Gasteiger partial charge on any atom is -0.492 e. The number of benzene rings is 2. The molecule has 1 heterocycles. The van der Waals surface area contributed by atoms with Crippen LogP contribution in [0.4, 0.5) is 0 Å². The predicted octanol–water partition coefficient (Wildman–Crippen LogP) is 1.80. The summed E-state index contributed by atoms with van der Waals surface area (Å²) in [6.07, 6.45) is 1.97. The summed E-state index contributed by atoms with van der Waals surface area (Å²) < 4.78 is 56.3. The summed E-state index contributed by atoms with van der Waals surface area (Å²) in [5.74, 6) is 0.525. The number of pyridine rings is 1. The number of fused-ring (bicyclic) bond motifs is 1. The third kappa shape index (κ3) is 4.91. The standard InChI is InChI=1S/C19H21N3O5S2/c1-2-27-17-9-10-18(16-4-3-12-21-19(16)17)29(25,26)22-13-11-14-5-7-15(8-6-14)28(20,23)24/h3-10,12,22H,2,11,13H2,1H3,(H2,20,23,24). The van der Waals surface area contributed by atoms with Gasteiger partial charge in [0.25, 0.3) is 0 Å². The number of aromatic nitrogens is 1. The van der Waals surface area contributed by atoms with Crippen molar-refractivity contribution in [2.75, 3.05) is 13.2 Å². The number of hydrogen-bond donors (Lipinski definition) is 2. The quantitative estimate of drug-likeness (QED) is 0.555. The number of nitrogens with two attached hydrogens (primary N) is 1. The molecule has 0 unspecified atom stereocenters. The smallest absolute Gasteiger partial charge is 0.241 e. The summed E-state index contributed by atoms with van der Waals surface area (Å²) in [5, 5.41) is 5.55. The lowest BCUT2D eigenvalue weighted by molar-refractivity contribution is 0.343. The molecule has 1 aromatic heterocycles. The molecule has 2 aromatic carbocycles. The van der Waals surface area contributed by atoms with Crippen LogP contribution >= 0.6 is 0 Å². The summed E-state index contributed by atoms with van der Waals surface area (Å²) in [7, 11) is -7.54. The highest BCUT2D eigenvalue weighted by atomic mass is 32.2. The van der Waals surface area contributed by atoms with Gasteiger partial charge in [-0.3, -0.25) is 4.98 Å². The summed E-state index contributed by atoms with van der Waals surface area (Å²) in [4.78, 5) is 4.38. The van der Waals surface area contributed by atoms with E-state index in [-0.39, 0.29) is 16.3 Å². The third-order valence-electron chi connectivity index (χ3n) is 4.24. The van der Waals surface area contributed by atoms with Gasteiger partial charge in [0.05, 0.1) is 16.4 Å². The number of rotatable bonds is 8. The van der Waals surface area contributed by atoms with Crippen molar-refractivity contribution in [3.63, 3.8) is 0 Å². The van der Waals surface area contributed by atoms with Crippen molar-refractivity contribution in [3.05, 3.63) is 60.3 Å². The minimum absolute atomic E-state index is 0.00943. The Morgan fingerprint density at radius 1 is 1.03 bits per heavy atom. The molecule has 0 aliphatic heterocycles. The Morgan fingerprint density at radius 3 is 2.41 bits per heavy atom. The molecule has 0 aliphatic carbocycles. The first-order valence-electron chi connectivity index (χ1n) is 8.84. The van der Waals surface area contributed by atoms with Gasteiger partial charge in [-0.2, -0.15) is 0 Å². The molecular formula is C19H21N3O5S2. The van der Waals surface area contributed by atoms with E-state index < -0.39 is 20.0 Å². The second-order valence-corrected chi connectivity index (χ2v) is 9.53. The van der Waals surface area contributed by atoms with Crippen LogP contribution in [0.2, 0.25) is 0 Å². The van der Waals surface area contributed by atoms with Gasteiger partial charge in [-0.15, -0.1) is 0 Å². The summed E-state index contributed by atoms with van der Waals surface area (Å²) >= 11 is 0. The molecule has 8 nitrogen and oxygen atoms in total. The van der Waals surface area contributed by atoms with Gasteiger partial charge in [0.15, 0.2) is 0 Å². The largest absolute Gasteiger partial charge is 0.492 e. The van der Waals surface area contributed by atoms with E-state index in [1.165, 1.54) is 18.2 Å². The van der Waals surface area contributed by atoms with Crippen LogP contribution in [-0.2, 0) is 26.5 Å². The van der Waals surface area contributed by atoms with Crippen LogP contribution in [-0.4, -0.2) is 35.0 Å². The zero-order valence-corrected chi connectivity index (χ0v) is 17.3. The molecule has 3 rings (SSSR count). The van der Waals surface area contributed by atoms with Crippen LogP contribution in [0.25, 0.3) is 10.9 Å². The van der Waals surface area contributed by atoms with Gasteiger partial charge in [-0.05, 0) is 55.3 Å². The number of ether oxygens (including phenoxy) is 1. The van der Waals surface area contributed by atoms with Crippen molar-refractivity contribution >= 4 is 30.9 Å². The van der Waals surface area contributed by atoms with E-state index in [9.17, 15) is 16.8 Å². The van der Waals surface area contributed by atoms with Gasteiger partial charge in [-0.25, -0.2) is 26.7 Å². The van der Waals surface area contributed by atoms with Crippen LogP contribution in [0.3, 0.4) is 0 Å². The molecule has 0 aliphatic rings. The topological polar surface area (TPSA) is 128 Å². The number of hydrogen-bond acceptors (Lipinski definition) is 6. The normalized spacial score (nSPS) is 12.2. The van der Waals surface area contributed by atoms with Crippen LogP contribution in [0.5, 0.6) is 5.75 Å². The van der Waals surface area contributed by atoms with Crippen molar-refractivity contribution < 1.29 is 21.6 Å². The fraction of sp³-hybridized carbons (Fsp3) is 0.211. The Bertz CT molecular complexity index is 1220. The summed E-state index contributed by atoms with van der Waals surface area (Å²) in [6.45, 7) is 2.43. The number of primary sulfonamides is 1. The maximum Gasteiger partial charge on any atom is 0.241 e. The average molecular weight is 436 g/mol. The lowest BCUT2D eigenvalue weighted by atomic mass is 10.2.